The minimum atomic E-state index is 0.728. The number of nitrogens with zero attached hydrogens (tertiary/aromatic N) is 4. The SMILES string of the molecule is COc1cccc(-c2nn3c(-c4cccc(Br)c4)nnc3s2)c1. The molecule has 2 aromatic heterocycles. The molecule has 0 bridgehead atoms. The van der Waals surface area contributed by atoms with Crippen molar-refractivity contribution in [3.8, 4) is 27.7 Å². The molecule has 0 saturated carbocycles. The van der Waals surface area contributed by atoms with Crippen LogP contribution < -0.4 is 4.74 Å². The molecule has 0 N–H and O–H groups in total. The van der Waals surface area contributed by atoms with Gasteiger partial charge in [-0.3, -0.25) is 0 Å². The van der Waals surface area contributed by atoms with Crippen molar-refractivity contribution in [1.29, 1.82) is 0 Å². The van der Waals surface area contributed by atoms with E-state index >= 15 is 0 Å². The van der Waals surface area contributed by atoms with Gasteiger partial charge in [-0.15, -0.1) is 10.2 Å². The van der Waals surface area contributed by atoms with Crippen molar-refractivity contribution in [2.45, 2.75) is 0 Å². The topological polar surface area (TPSA) is 52.3 Å². The van der Waals surface area contributed by atoms with E-state index in [1.54, 1.807) is 11.6 Å². The molecule has 0 radical (unpaired) electrons. The van der Waals surface area contributed by atoms with Crippen molar-refractivity contribution in [3.63, 3.8) is 0 Å². The summed E-state index contributed by atoms with van der Waals surface area (Å²) in [4.78, 5) is 0.762. The Labute approximate surface area is 144 Å². The van der Waals surface area contributed by atoms with Crippen LogP contribution in [-0.2, 0) is 0 Å². The first-order chi connectivity index (χ1) is 11.2. The third kappa shape index (κ3) is 2.62. The number of rotatable bonds is 3. The van der Waals surface area contributed by atoms with E-state index in [-0.39, 0.29) is 0 Å². The van der Waals surface area contributed by atoms with Crippen LogP contribution in [0.4, 0.5) is 0 Å². The van der Waals surface area contributed by atoms with E-state index < -0.39 is 0 Å². The van der Waals surface area contributed by atoms with Crippen molar-refractivity contribution < 1.29 is 4.74 Å². The van der Waals surface area contributed by atoms with E-state index in [0.29, 0.717) is 0 Å². The average molecular weight is 387 g/mol. The molecule has 4 rings (SSSR count). The highest BCUT2D eigenvalue weighted by atomic mass is 79.9. The van der Waals surface area contributed by atoms with Crippen LogP contribution in [0.3, 0.4) is 0 Å². The fourth-order valence-electron chi connectivity index (χ4n) is 2.30. The summed E-state index contributed by atoms with van der Waals surface area (Å²) in [5, 5.41) is 14.0. The molecule has 0 fully saturated rings. The summed E-state index contributed by atoms with van der Waals surface area (Å²) in [7, 11) is 1.66. The van der Waals surface area contributed by atoms with E-state index in [2.05, 4.69) is 31.2 Å². The van der Waals surface area contributed by atoms with Crippen molar-refractivity contribution >= 4 is 32.2 Å². The van der Waals surface area contributed by atoms with Gasteiger partial charge >= 0.3 is 0 Å². The van der Waals surface area contributed by atoms with Crippen LogP contribution in [0, 0.1) is 0 Å². The van der Waals surface area contributed by atoms with Crippen LogP contribution in [0.15, 0.2) is 53.0 Å². The number of hydrogen-bond acceptors (Lipinski definition) is 5. The van der Waals surface area contributed by atoms with Gasteiger partial charge in [0.05, 0.1) is 7.11 Å². The number of fused-ring (bicyclic) bond motifs is 1. The molecule has 2 aromatic carbocycles. The first-order valence-electron chi connectivity index (χ1n) is 6.87. The van der Waals surface area contributed by atoms with Gasteiger partial charge in [-0.1, -0.05) is 51.5 Å². The second-order valence-corrected chi connectivity index (χ2v) is 6.74. The Morgan fingerprint density at radius 3 is 2.70 bits per heavy atom. The fourth-order valence-corrected chi connectivity index (χ4v) is 3.53. The lowest BCUT2D eigenvalue weighted by Gasteiger charge is -2.01. The quantitative estimate of drug-likeness (QED) is 0.526. The first kappa shape index (κ1) is 14.3. The highest BCUT2D eigenvalue weighted by Crippen LogP contribution is 2.30. The van der Waals surface area contributed by atoms with E-state index in [1.165, 1.54) is 11.3 Å². The minimum absolute atomic E-state index is 0.728. The number of benzene rings is 2. The van der Waals surface area contributed by atoms with Crippen LogP contribution in [-0.4, -0.2) is 26.9 Å². The molecule has 7 heteroatoms. The summed E-state index contributed by atoms with van der Waals surface area (Å²) < 4.78 is 8.05. The Bertz CT molecular complexity index is 995. The fraction of sp³-hybridized carbons (Fsp3) is 0.0625. The maximum absolute atomic E-state index is 5.27. The van der Waals surface area contributed by atoms with E-state index in [0.717, 1.165) is 37.1 Å². The van der Waals surface area contributed by atoms with E-state index in [9.17, 15) is 0 Å². The Balaban J connectivity index is 1.83. The highest BCUT2D eigenvalue weighted by Gasteiger charge is 2.14. The number of aromatic nitrogens is 4. The van der Waals surface area contributed by atoms with Crippen LogP contribution in [0.2, 0.25) is 0 Å². The monoisotopic (exact) mass is 386 g/mol. The lowest BCUT2D eigenvalue weighted by molar-refractivity contribution is 0.415. The Morgan fingerprint density at radius 2 is 1.87 bits per heavy atom. The summed E-state index contributed by atoms with van der Waals surface area (Å²) in [6.07, 6.45) is 0. The predicted molar refractivity (Wildman–Crippen MR) is 93.8 cm³/mol. The van der Waals surface area contributed by atoms with Crippen LogP contribution >= 0.6 is 27.3 Å². The zero-order valence-electron chi connectivity index (χ0n) is 12.1. The molecule has 0 aliphatic rings. The third-order valence-electron chi connectivity index (χ3n) is 3.39. The maximum atomic E-state index is 5.27. The molecule has 0 atom stereocenters. The van der Waals surface area contributed by atoms with Gasteiger partial charge in [-0.05, 0) is 24.3 Å². The zero-order valence-corrected chi connectivity index (χ0v) is 14.5. The number of hydrogen-bond donors (Lipinski definition) is 0. The minimum Gasteiger partial charge on any atom is -0.497 e. The molecular formula is C16H11BrN4OS. The van der Waals surface area contributed by atoms with Gasteiger partial charge in [-0.2, -0.15) is 9.61 Å². The first-order valence-corrected chi connectivity index (χ1v) is 8.48. The summed E-state index contributed by atoms with van der Waals surface area (Å²) in [6, 6.07) is 15.8. The molecule has 0 amide bonds. The van der Waals surface area contributed by atoms with Gasteiger partial charge in [0.2, 0.25) is 4.96 Å². The second-order valence-electron chi connectivity index (χ2n) is 4.87. The van der Waals surface area contributed by atoms with Gasteiger partial charge in [0, 0.05) is 15.6 Å². The van der Waals surface area contributed by atoms with Crippen molar-refractivity contribution in [2.24, 2.45) is 0 Å². The van der Waals surface area contributed by atoms with Crippen molar-refractivity contribution in [3.05, 3.63) is 53.0 Å². The molecular weight excluding hydrogens is 376 g/mol. The smallest absolute Gasteiger partial charge is 0.235 e. The van der Waals surface area contributed by atoms with E-state index in [1.807, 2.05) is 48.5 Å². The number of halogens is 1. The van der Waals surface area contributed by atoms with Crippen molar-refractivity contribution in [1.82, 2.24) is 19.8 Å². The predicted octanol–water partition coefficient (Wildman–Crippen LogP) is 4.29. The molecule has 114 valence electrons. The molecule has 23 heavy (non-hydrogen) atoms. The standard InChI is InChI=1S/C16H11BrN4OS/c1-22-13-7-3-5-11(9-13)15-20-21-14(18-19-16(21)23-15)10-4-2-6-12(17)8-10/h2-9H,1H3. The molecule has 0 spiro atoms. The van der Waals surface area contributed by atoms with Gasteiger partial charge in [-0.25, -0.2) is 0 Å². The van der Waals surface area contributed by atoms with E-state index in [4.69, 9.17) is 4.74 Å². The van der Waals surface area contributed by atoms with Crippen LogP contribution in [0.25, 0.3) is 26.9 Å². The van der Waals surface area contributed by atoms with Crippen LogP contribution in [0.1, 0.15) is 0 Å². The summed E-state index contributed by atoms with van der Waals surface area (Å²) >= 11 is 4.98. The Morgan fingerprint density at radius 1 is 1.04 bits per heavy atom. The summed E-state index contributed by atoms with van der Waals surface area (Å²) in [5.74, 6) is 1.53. The lowest BCUT2D eigenvalue weighted by atomic mass is 10.2. The molecule has 5 nitrogen and oxygen atoms in total. The number of ether oxygens (including phenoxy) is 1. The molecule has 0 aliphatic heterocycles. The number of methoxy groups -OCH3 is 1. The summed E-state index contributed by atoms with van der Waals surface area (Å²) in [6.45, 7) is 0. The van der Waals surface area contributed by atoms with Gasteiger partial charge in [0.15, 0.2) is 5.82 Å². The average Bonchev–Trinajstić information content (AvgIpc) is 3.15. The zero-order chi connectivity index (χ0) is 15.8. The molecule has 0 aliphatic carbocycles. The summed E-state index contributed by atoms with van der Waals surface area (Å²) in [5.41, 5.74) is 1.97. The Hall–Kier alpha value is -2.25. The van der Waals surface area contributed by atoms with Crippen molar-refractivity contribution in [2.75, 3.05) is 7.11 Å². The molecule has 4 aromatic rings. The maximum Gasteiger partial charge on any atom is 0.235 e. The lowest BCUT2D eigenvalue weighted by Crippen LogP contribution is -1.91. The second kappa shape index (κ2) is 5.75. The highest BCUT2D eigenvalue weighted by molar-refractivity contribution is 9.10. The largest absolute Gasteiger partial charge is 0.497 e. The van der Waals surface area contributed by atoms with Crippen LogP contribution in [0.5, 0.6) is 5.75 Å². The molecule has 0 saturated heterocycles. The molecule has 0 unspecified atom stereocenters. The van der Waals surface area contributed by atoms with Gasteiger partial charge < -0.3 is 4.74 Å². The normalized spacial score (nSPS) is 11.0. The third-order valence-corrected chi connectivity index (χ3v) is 4.83. The molecule has 2 heterocycles. The Kier molecular flexibility index (Phi) is 3.59. The van der Waals surface area contributed by atoms with Gasteiger partial charge in [0.25, 0.3) is 0 Å². The van der Waals surface area contributed by atoms with Gasteiger partial charge in [0.1, 0.15) is 10.8 Å².